The SMILES string of the molecule is COc1ccc(-c2sc3c(c2C(=O)O)CC(C)(C)CC3)c(F)c1. The predicted octanol–water partition coefficient (Wildman–Crippen LogP) is 4.78. The highest BCUT2D eigenvalue weighted by Gasteiger charge is 2.33. The Morgan fingerprint density at radius 1 is 1.39 bits per heavy atom. The number of ether oxygens (including phenoxy) is 1. The van der Waals surface area contributed by atoms with Gasteiger partial charge in [-0.15, -0.1) is 11.3 Å². The number of methoxy groups -OCH3 is 1. The molecule has 0 atom stereocenters. The van der Waals surface area contributed by atoms with E-state index < -0.39 is 11.8 Å². The topological polar surface area (TPSA) is 46.5 Å². The van der Waals surface area contributed by atoms with Crippen LogP contribution in [0.4, 0.5) is 4.39 Å². The molecule has 1 aliphatic rings. The summed E-state index contributed by atoms with van der Waals surface area (Å²) < 4.78 is 19.4. The number of thiophene rings is 1. The second-order valence-electron chi connectivity index (χ2n) is 6.70. The summed E-state index contributed by atoms with van der Waals surface area (Å²) in [5, 5.41) is 9.69. The average Bonchev–Trinajstić information content (AvgIpc) is 2.83. The molecule has 122 valence electrons. The molecular weight excluding hydrogens is 315 g/mol. The Hall–Kier alpha value is -1.88. The van der Waals surface area contributed by atoms with Crippen LogP contribution < -0.4 is 4.74 Å². The van der Waals surface area contributed by atoms with E-state index >= 15 is 0 Å². The van der Waals surface area contributed by atoms with E-state index in [2.05, 4.69) is 13.8 Å². The van der Waals surface area contributed by atoms with E-state index in [4.69, 9.17) is 4.74 Å². The number of fused-ring (bicyclic) bond motifs is 1. The Kier molecular flexibility index (Phi) is 3.92. The minimum atomic E-state index is -0.981. The van der Waals surface area contributed by atoms with Gasteiger partial charge in [-0.1, -0.05) is 13.8 Å². The zero-order valence-corrected chi connectivity index (χ0v) is 14.2. The molecule has 1 aromatic carbocycles. The summed E-state index contributed by atoms with van der Waals surface area (Å²) in [7, 11) is 1.48. The van der Waals surface area contributed by atoms with Crippen LogP contribution in [0.15, 0.2) is 18.2 Å². The lowest BCUT2D eigenvalue weighted by Gasteiger charge is -2.29. The second kappa shape index (κ2) is 5.64. The fourth-order valence-electron chi connectivity index (χ4n) is 3.14. The number of halogens is 1. The first-order chi connectivity index (χ1) is 10.8. The Balaban J connectivity index is 2.18. The molecule has 0 saturated carbocycles. The van der Waals surface area contributed by atoms with Gasteiger partial charge in [0.15, 0.2) is 0 Å². The van der Waals surface area contributed by atoms with Crippen LogP contribution in [0, 0.1) is 11.2 Å². The third-order valence-electron chi connectivity index (χ3n) is 4.41. The minimum absolute atomic E-state index is 0.0774. The fourth-order valence-corrected chi connectivity index (χ4v) is 4.48. The van der Waals surface area contributed by atoms with E-state index in [0.717, 1.165) is 29.7 Å². The van der Waals surface area contributed by atoms with Crippen molar-refractivity contribution in [3.05, 3.63) is 40.0 Å². The third-order valence-corrected chi connectivity index (χ3v) is 5.73. The maximum Gasteiger partial charge on any atom is 0.337 e. The molecule has 3 rings (SSSR count). The van der Waals surface area contributed by atoms with Crippen LogP contribution in [0.2, 0.25) is 0 Å². The average molecular weight is 334 g/mol. The molecule has 1 aromatic heterocycles. The maximum atomic E-state index is 14.4. The van der Waals surface area contributed by atoms with Crippen LogP contribution >= 0.6 is 11.3 Å². The number of aromatic carboxylic acids is 1. The Labute approximate surface area is 138 Å². The summed E-state index contributed by atoms with van der Waals surface area (Å²) in [6.07, 6.45) is 2.59. The number of carboxylic acid groups (broad SMARTS) is 1. The Morgan fingerprint density at radius 2 is 2.13 bits per heavy atom. The molecule has 23 heavy (non-hydrogen) atoms. The minimum Gasteiger partial charge on any atom is -0.497 e. The molecule has 0 bridgehead atoms. The van der Waals surface area contributed by atoms with Gasteiger partial charge in [-0.05, 0) is 42.4 Å². The normalized spacial score (nSPS) is 16.0. The summed E-state index contributed by atoms with van der Waals surface area (Å²) in [5.74, 6) is -1.01. The maximum absolute atomic E-state index is 14.4. The van der Waals surface area contributed by atoms with Crippen LogP contribution in [-0.2, 0) is 12.8 Å². The van der Waals surface area contributed by atoms with Crippen molar-refractivity contribution in [2.45, 2.75) is 33.1 Å². The molecule has 0 spiro atoms. The predicted molar refractivity (Wildman–Crippen MR) is 89.0 cm³/mol. The van der Waals surface area contributed by atoms with Crippen molar-refractivity contribution >= 4 is 17.3 Å². The van der Waals surface area contributed by atoms with Crippen LogP contribution in [0.5, 0.6) is 5.75 Å². The first-order valence-corrected chi connectivity index (χ1v) is 8.36. The zero-order chi connectivity index (χ0) is 16.8. The van der Waals surface area contributed by atoms with E-state index in [0.29, 0.717) is 16.2 Å². The van der Waals surface area contributed by atoms with E-state index in [1.165, 1.54) is 24.5 Å². The number of benzene rings is 1. The number of aryl methyl sites for hydroxylation is 1. The van der Waals surface area contributed by atoms with Gasteiger partial charge in [-0.3, -0.25) is 0 Å². The summed E-state index contributed by atoms with van der Waals surface area (Å²) in [6.45, 7) is 4.29. The van der Waals surface area contributed by atoms with Crippen LogP contribution in [0.25, 0.3) is 10.4 Å². The molecule has 0 amide bonds. The van der Waals surface area contributed by atoms with Crippen molar-refractivity contribution in [1.82, 2.24) is 0 Å². The molecule has 5 heteroatoms. The number of hydrogen-bond donors (Lipinski definition) is 1. The van der Waals surface area contributed by atoms with Crippen LogP contribution in [0.1, 0.15) is 41.1 Å². The summed E-state index contributed by atoms with van der Waals surface area (Å²) in [6, 6.07) is 4.55. The molecular formula is C18H19FO3S. The van der Waals surface area contributed by atoms with Crippen molar-refractivity contribution in [2.24, 2.45) is 5.41 Å². The van der Waals surface area contributed by atoms with Crippen molar-refractivity contribution in [3.63, 3.8) is 0 Å². The van der Waals surface area contributed by atoms with Gasteiger partial charge in [0, 0.05) is 16.5 Å². The van der Waals surface area contributed by atoms with Crippen molar-refractivity contribution in [1.29, 1.82) is 0 Å². The fraction of sp³-hybridized carbons (Fsp3) is 0.389. The number of carboxylic acids is 1. The van der Waals surface area contributed by atoms with Gasteiger partial charge in [-0.25, -0.2) is 9.18 Å². The standard InChI is InChI=1S/C18H19FO3S/c1-18(2)7-6-14-12(9-18)15(17(20)21)16(23-14)11-5-4-10(22-3)8-13(11)19/h4-5,8H,6-7,9H2,1-3H3,(H,20,21). The first-order valence-electron chi connectivity index (χ1n) is 7.54. The van der Waals surface area contributed by atoms with E-state index in [1.54, 1.807) is 12.1 Å². The van der Waals surface area contributed by atoms with Gasteiger partial charge >= 0.3 is 5.97 Å². The van der Waals surface area contributed by atoms with Gasteiger partial charge in [0.1, 0.15) is 11.6 Å². The highest BCUT2D eigenvalue weighted by atomic mass is 32.1. The lowest BCUT2D eigenvalue weighted by Crippen LogP contribution is -2.22. The summed E-state index contributed by atoms with van der Waals surface area (Å²) >= 11 is 1.41. The molecule has 2 aromatic rings. The van der Waals surface area contributed by atoms with Gasteiger partial charge < -0.3 is 9.84 Å². The number of hydrogen-bond acceptors (Lipinski definition) is 3. The highest BCUT2D eigenvalue weighted by molar-refractivity contribution is 7.16. The van der Waals surface area contributed by atoms with Gasteiger partial charge in [0.25, 0.3) is 0 Å². The molecule has 0 fully saturated rings. The molecule has 1 aliphatic carbocycles. The zero-order valence-electron chi connectivity index (χ0n) is 13.4. The highest BCUT2D eigenvalue weighted by Crippen LogP contribution is 2.45. The van der Waals surface area contributed by atoms with Crippen molar-refractivity contribution < 1.29 is 19.0 Å². The smallest absolute Gasteiger partial charge is 0.337 e. The van der Waals surface area contributed by atoms with Gasteiger partial charge in [0.2, 0.25) is 0 Å². The molecule has 1 heterocycles. The summed E-state index contributed by atoms with van der Waals surface area (Å²) in [5.41, 5.74) is 1.56. The van der Waals surface area contributed by atoms with Crippen LogP contribution in [-0.4, -0.2) is 18.2 Å². The summed E-state index contributed by atoms with van der Waals surface area (Å²) in [4.78, 5) is 13.4. The lowest BCUT2D eigenvalue weighted by molar-refractivity contribution is 0.0696. The van der Waals surface area contributed by atoms with Gasteiger partial charge in [0.05, 0.1) is 17.6 Å². The van der Waals surface area contributed by atoms with Crippen molar-refractivity contribution in [3.8, 4) is 16.2 Å². The molecule has 1 N–H and O–H groups in total. The first kappa shape index (κ1) is 16.0. The number of rotatable bonds is 3. The van der Waals surface area contributed by atoms with Gasteiger partial charge in [-0.2, -0.15) is 0 Å². The van der Waals surface area contributed by atoms with E-state index in [1.807, 2.05) is 0 Å². The third kappa shape index (κ3) is 2.85. The monoisotopic (exact) mass is 334 g/mol. The molecule has 0 aliphatic heterocycles. The van der Waals surface area contributed by atoms with E-state index in [9.17, 15) is 14.3 Å². The number of carbonyl (C=O) groups is 1. The largest absolute Gasteiger partial charge is 0.497 e. The Morgan fingerprint density at radius 3 is 2.74 bits per heavy atom. The Bertz CT molecular complexity index is 777. The molecule has 3 nitrogen and oxygen atoms in total. The quantitative estimate of drug-likeness (QED) is 0.879. The van der Waals surface area contributed by atoms with Crippen LogP contribution in [0.3, 0.4) is 0 Å². The van der Waals surface area contributed by atoms with E-state index in [-0.39, 0.29) is 11.0 Å². The lowest BCUT2D eigenvalue weighted by atomic mass is 9.76. The van der Waals surface area contributed by atoms with Crippen molar-refractivity contribution in [2.75, 3.05) is 7.11 Å². The molecule has 0 unspecified atom stereocenters. The molecule has 0 saturated heterocycles. The molecule has 0 radical (unpaired) electrons. The second-order valence-corrected chi connectivity index (χ2v) is 7.81.